The number of rotatable bonds is 10. The Hall–Kier alpha value is -3.93. The van der Waals surface area contributed by atoms with Gasteiger partial charge in [-0.2, -0.15) is 10.2 Å². The number of hydrogen-bond donors (Lipinski definition) is 2. The predicted molar refractivity (Wildman–Crippen MR) is 110 cm³/mol. The molecule has 0 fully saturated rings. The highest BCUT2D eigenvalue weighted by Gasteiger charge is 2.11. The van der Waals surface area contributed by atoms with Crippen LogP contribution in [0.1, 0.15) is 24.8 Å². The van der Waals surface area contributed by atoms with E-state index >= 15 is 0 Å². The number of aryl methyl sites for hydroxylation is 1. The number of amides is 1. The van der Waals surface area contributed by atoms with Crippen LogP contribution in [0.3, 0.4) is 0 Å². The standard InChI is InChI=1S/C21H22N6O3/c1-2-29-17-7-5-15(6-8-17)21-26-19(30-27-21)10-9-18(28)23-12-13-25-20-16(14-22)4-3-11-24-20/h3-8,11H,2,9-10,12-13H2,1H3,(H,23,28)(H,24,25). The third-order valence-electron chi connectivity index (χ3n) is 4.13. The van der Waals surface area contributed by atoms with Gasteiger partial charge in [0.2, 0.25) is 17.6 Å². The smallest absolute Gasteiger partial charge is 0.227 e. The Balaban J connectivity index is 1.40. The quantitative estimate of drug-likeness (QED) is 0.492. The van der Waals surface area contributed by atoms with E-state index < -0.39 is 0 Å². The first kappa shape index (κ1) is 20.8. The molecule has 3 aromatic rings. The minimum absolute atomic E-state index is 0.126. The lowest BCUT2D eigenvalue weighted by molar-refractivity contribution is -0.121. The molecule has 9 nitrogen and oxygen atoms in total. The van der Waals surface area contributed by atoms with Crippen LogP contribution in [0.4, 0.5) is 5.82 Å². The second-order valence-corrected chi connectivity index (χ2v) is 6.26. The number of hydrogen-bond acceptors (Lipinski definition) is 8. The van der Waals surface area contributed by atoms with Crippen molar-refractivity contribution in [3.05, 3.63) is 54.0 Å². The molecule has 30 heavy (non-hydrogen) atoms. The van der Waals surface area contributed by atoms with Gasteiger partial charge in [0.25, 0.3) is 0 Å². The van der Waals surface area contributed by atoms with Gasteiger partial charge in [0.1, 0.15) is 17.6 Å². The fraction of sp³-hybridized carbons (Fsp3) is 0.286. The highest BCUT2D eigenvalue weighted by molar-refractivity contribution is 5.76. The molecule has 0 spiro atoms. The molecule has 0 aliphatic heterocycles. The summed E-state index contributed by atoms with van der Waals surface area (Å²) < 4.78 is 10.6. The molecule has 2 aromatic heterocycles. The molecule has 0 aliphatic carbocycles. The van der Waals surface area contributed by atoms with E-state index in [4.69, 9.17) is 14.5 Å². The highest BCUT2D eigenvalue weighted by atomic mass is 16.5. The third-order valence-corrected chi connectivity index (χ3v) is 4.13. The van der Waals surface area contributed by atoms with Gasteiger partial charge >= 0.3 is 0 Å². The Labute approximate surface area is 174 Å². The maximum absolute atomic E-state index is 12.0. The van der Waals surface area contributed by atoms with Gasteiger partial charge in [-0.25, -0.2) is 4.98 Å². The van der Waals surface area contributed by atoms with Crippen LogP contribution in [0.2, 0.25) is 0 Å². The zero-order valence-electron chi connectivity index (χ0n) is 16.6. The van der Waals surface area contributed by atoms with Crippen LogP contribution in [0.25, 0.3) is 11.4 Å². The lowest BCUT2D eigenvalue weighted by Crippen LogP contribution is -2.29. The summed E-state index contributed by atoms with van der Waals surface area (Å²) in [6.07, 6.45) is 2.19. The van der Waals surface area contributed by atoms with Gasteiger partial charge in [-0.05, 0) is 43.3 Å². The molecule has 9 heteroatoms. The van der Waals surface area contributed by atoms with Gasteiger partial charge in [-0.15, -0.1) is 0 Å². The maximum Gasteiger partial charge on any atom is 0.227 e. The summed E-state index contributed by atoms with van der Waals surface area (Å²) in [6.45, 7) is 3.40. The first-order valence-corrected chi connectivity index (χ1v) is 9.61. The Bertz CT molecular complexity index is 1010. The van der Waals surface area contributed by atoms with Gasteiger partial charge in [0, 0.05) is 37.7 Å². The van der Waals surface area contributed by atoms with E-state index in [1.807, 2.05) is 31.2 Å². The Morgan fingerprint density at radius 1 is 1.23 bits per heavy atom. The van der Waals surface area contributed by atoms with Gasteiger partial charge in [0.15, 0.2) is 0 Å². The lowest BCUT2D eigenvalue weighted by atomic mass is 10.2. The van der Waals surface area contributed by atoms with Crippen molar-refractivity contribution in [2.45, 2.75) is 19.8 Å². The molecule has 0 atom stereocenters. The normalized spacial score (nSPS) is 10.3. The van der Waals surface area contributed by atoms with Crippen LogP contribution >= 0.6 is 0 Å². The fourth-order valence-electron chi connectivity index (χ4n) is 2.67. The number of aromatic nitrogens is 3. The molecule has 3 rings (SSSR count). The van der Waals surface area contributed by atoms with Crippen LogP contribution in [-0.2, 0) is 11.2 Å². The second kappa shape index (κ2) is 10.6. The van der Waals surface area contributed by atoms with Gasteiger partial charge < -0.3 is 19.9 Å². The highest BCUT2D eigenvalue weighted by Crippen LogP contribution is 2.20. The van der Waals surface area contributed by atoms with Crippen molar-refractivity contribution in [2.24, 2.45) is 0 Å². The average Bonchev–Trinajstić information content (AvgIpc) is 3.25. The van der Waals surface area contributed by atoms with Gasteiger partial charge in [0.05, 0.1) is 12.2 Å². The molecule has 1 aromatic carbocycles. The van der Waals surface area contributed by atoms with E-state index in [9.17, 15) is 4.79 Å². The molecular formula is C21H22N6O3. The number of carbonyl (C=O) groups excluding carboxylic acids is 1. The molecule has 0 saturated carbocycles. The third kappa shape index (κ3) is 5.78. The summed E-state index contributed by atoms with van der Waals surface area (Å²) in [5.74, 6) is 2.03. The number of ether oxygens (including phenoxy) is 1. The number of anilines is 1. The summed E-state index contributed by atoms with van der Waals surface area (Å²) >= 11 is 0. The van der Waals surface area contributed by atoms with Crippen LogP contribution in [-0.4, -0.2) is 40.7 Å². The van der Waals surface area contributed by atoms with E-state index in [1.54, 1.807) is 18.3 Å². The van der Waals surface area contributed by atoms with Crippen molar-refractivity contribution in [3.8, 4) is 23.2 Å². The number of benzene rings is 1. The number of carbonyl (C=O) groups is 1. The van der Waals surface area contributed by atoms with Gasteiger partial charge in [-0.3, -0.25) is 4.79 Å². The summed E-state index contributed by atoms with van der Waals surface area (Å²) in [6, 6.07) is 12.9. The maximum atomic E-state index is 12.0. The number of nitrogens with one attached hydrogen (secondary N) is 2. The molecule has 0 radical (unpaired) electrons. The summed E-state index contributed by atoms with van der Waals surface area (Å²) in [5.41, 5.74) is 1.28. The zero-order valence-corrected chi connectivity index (χ0v) is 16.6. The molecule has 154 valence electrons. The molecule has 2 N–H and O–H groups in total. The number of nitriles is 1. The predicted octanol–water partition coefficient (Wildman–Crippen LogP) is 2.56. The second-order valence-electron chi connectivity index (χ2n) is 6.26. The number of pyridine rings is 1. The first-order chi connectivity index (χ1) is 14.7. The van der Waals surface area contributed by atoms with E-state index in [1.165, 1.54) is 0 Å². The fourth-order valence-corrected chi connectivity index (χ4v) is 2.67. The zero-order chi connectivity index (χ0) is 21.2. The molecule has 0 unspecified atom stereocenters. The van der Waals surface area contributed by atoms with E-state index in [-0.39, 0.29) is 12.3 Å². The Morgan fingerprint density at radius 2 is 2.07 bits per heavy atom. The molecular weight excluding hydrogens is 384 g/mol. The molecule has 0 saturated heterocycles. The molecule has 0 aliphatic rings. The molecule has 2 heterocycles. The van der Waals surface area contributed by atoms with E-state index in [2.05, 4.69) is 31.8 Å². The van der Waals surface area contributed by atoms with Crippen LogP contribution in [0, 0.1) is 11.3 Å². The number of nitrogens with zero attached hydrogens (tertiary/aromatic N) is 4. The van der Waals surface area contributed by atoms with Crippen LogP contribution in [0.5, 0.6) is 5.75 Å². The minimum atomic E-state index is -0.126. The monoisotopic (exact) mass is 406 g/mol. The lowest BCUT2D eigenvalue weighted by Gasteiger charge is -2.07. The minimum Gasteiger partial charge on any atom is -0.494 e. The Kier molecular flexibility index (Phi) is 7.33. The van der Waals surface area contributed by atoms with Crippen LogP contribution in [0.15, 0.2) is 47.1 Å². The summed E-state index contributed by atoms with van der Waals surface area (Å²) in [4.78, 5) is 20.5. The van der Waals surface area contributed by atoms with E-state index in [0.717, 1.165) is 11.3 Å². The van der Waals surface area contributed by atoms with Crippen LogP contribution < -0.4 is 15.4 Å². The van der Waals surface area contributed by atoms with Crippen molar-refractivity contribution in [3.63, 3.8) is 0 Å². The molecule has 0 bridgehead atoms. The van der Waals surface area contributed by atoms with Crippen molar-refractivity contribution in [1.29, 1.82) is 5.26 Å². The topological polar surface area (TPSA) is 126 Å². The largest absolute Gasteiger partial charge is 0.494 e. The SMILES string of the molecule is CCOc1ccc(-c2noc(CCC(=O)NCCNc3ncccc3C#N)n2)cc1. The van der Waals surface area contributed by atoms with Crippen molar-refractivity contribution >= 4 is 11.7 Å². The summed E-state index contributed by atoms with van der Waals surface area (Å²) in [5, 5.41) is 18.8. The summed E-state index contributed by atoms with van der Waals surface area (Å²) in [7, 11) is 0. The average molecular weight is 406 g/mol. The molecule has 1 amide bonds. The van der Waals surface area contributed by atoms with Gasteiger partial charge in [-0.1, -0.05) is 5.16 Å². The Morgan fingerprint density at radius 3 is 2.83 bits per heavy atom. The first-order valence-electron chi connectivity index (χ1n) is 9.61. The van der Waals surface area contributed by atoms with Crippen molar-refractivity contribution in [2.75, 3.05) is 25.0 Å². The van der Waals surface area contributed by atoms with E-state index in [0.29, 0.717) is 49.2 Å². The van der Waals surface area contributed by atoms with Crippen molar-refractivity contribution in [1.82, 2.24) is 20.4 Å². The van der Waals surface area contributed by atoms with Crippen molar-refractivity contribution < 1.29 is 14.1 Å².